The van der Waals surface area contributed by atoms with Gasteiger partial charge in [0.15, 0.2) is 0 Å². The van der Waals surface area contributed by atoms with Crippen LogP contribution >= 0.6 is 0 Å². The molecule has 4 heteroatoms. The Labute approximate surface area is 98.2 Å². The molecule has 0 aliphatic carbocycles. The summed E-state index contributed by atoms with van der Waals surface area (Å²) in [5, 5.41) is 9.07. The van der Waals surface area contributed by atoms with E-state index in [2.05, 4.69) is 18.7 Å². The topological polar surface area (TPSA) is 43.8 Å². The van der Waals surface area contributed by atoms with Crippen LogP contribution in [0, 0.1) is 0 Å². The number of hydrogen-bond donors (Lipinski definition) is 1. The van der Waals surface area contributed by atoms with E-state index in [9.17, 15) is 4.79 Å². The number of carbonyl (C=O) groups excluding carboxylic acids is 1. The van der Waals surface area contributed by atoms with E-state index in [0.29, 0.717) is 18.6 Å². The molecule has 0 saturated carbocycles. The van der Waals surface area contributed by atoms with E-state index < -0.39 is 0 Å². The molecule has 0 bridgehead atoms. The van der Waals surface area contributed by atoms with E-state index in [4.69, 9.17) is 5.11 Å². The number of nitrogens with zero attached hydrogens (tertiary/aromatic N) is 2. The van der Waals surface area contributed by atoms with E-state index in [-0.39, 0.29) is 12.5 Å². The molecule has 94 valence electrons. The van der Waals surface area contributed by atoms with Gasteiger partial charge in [-0.15, -0.1) is 0 Å². The van der Waals surface area contributed by atoms with Gasteiger partial charge in [0.2, 0.25) is 5.91 Å². The van der Waals surface area contributed by atoms with E-state index in [0.717, 1.165) is 25.9 Å². The van der Waals surface area contributed by atoms with Crippen LogP contribution < -0.4 is 0 Å². The third kappa shape index (κ3) is 3.46. The Morgan fingerprint density at radius 1 is 1.56 bits per heavy atom. The van der Waals surface area contributed by atoms with Crippen LogP contribution in [0.25, 0.3) is 0 Å². The first-order valence-corrected chi connectivity index (χ1v) is 6.18. The molecule has 0 spiro atoms. The summed E-state index contributed by atoms with van der Waals surface area (Å²) in [6.45, 7) is 8.51. The predicted octanol–water partition coefficient (Wildman–Crippen LogP) is 0.700. The molecule has 0 radical (unpaired) electrons. The fraction of sp³-hybridized carbons (Fsp3) is 0.917. The number of hydrogen-bond acceptors (Lipinski definition) is 3. The van der Waals surface area contributed by atoms with Gasteiger partial charge >= 0.3 is 0 Å². The minimum Gasteiger partial charge on any atom is -0.395 e. The fourth-order valence-electron chi connectivity index (χ4n) is 2.49. The minimum atomic E-state index is 0.164. The number of piperidine rings is 1. The molecular weight excluding hydrogens is 204 g/mol. The largest absolute Gasteiger partial charge is 0.395 e. The van der Waals surface area contributed by atoms with Crippen molar-refractivity contribution in [2.45, 2.75) is 45.7 Å². The van der Waals surface area contributed by atoms with Crippen molar-refractivity contribution in [1.29, 1.82) is 0 Å². The molecule has 0 aromatic heterocycles. The van der Waals surface area contributed by atoms with E-state index in [1.165, 1.54) is 0 Å². The lowest BCUT2D eigenvalue weighted by atomic mass is 10.0. The van der Waals surface area contributed by atoms with Crippen LogP contribution in [0.1, 0.15) is 33.6 Å². The molecule has 1 fully saturated rings. The SMILES string of the molecule is CC(=O)N1CCC[C@H](N(CCO)C(C)C)C1. The van der Waals surface area contributed by atoms with Crippen molar-refractivity contribution in [3.05, 3.63) is 0 Å². The van der Waals surface area contributed by atoms with Crippen molar-refractivity contribution in [3.63, 3.8) is 0 Å². The van der Waals surface area contributed by atoms with Gasteiger partial charge in [-0.1, -0.05) is 0 Å². The molecule has 1 heterocycles. The van der Waals surface area contributed by atoms with Gasteiger partial charge in [-0.3, -0.25) is 9.69 Å². The number of aliphatic hydroxyl groups excluding tert-OH is 1. The van der Waals surface area contributed by atoms with Gasteiger partial charge in [-0.2, -0.15) is 0 Å². The Hall–Kier alpha value is -0.610. The molecule has 4 nitrogen and oxygen atoms in total. The Morgan fingerprint density at radius 2 is 2.25 bits per heavy atom. The molecule has 1 aliphatic heterocycles. The zero-order chi connectivity index (χ0) is 12.1. The summed E-state index contributed by atoms with van der Waals surface area (Å²) < 4.78 is 0. The standard InChI is InChI=1S/C12H24N2O2/c1-10(2)14(7-8-15)12-5-4-6-13(9-12)11(3)16/h10,12,15H,4-9H2,1-3H3/t12-/m0/s1. The average molecular weight is 228 g/mol. The summed E-state index contributed by atoms with van der Waals surface area (Å²) in [6, 6.07) is 0.828. The molecule has 0 aromatic rings. The first-order chi connectivity index (χ1) is 7.56. The van der Waals surface area contributed by atoms with Crippen molar-refractivity contribution in [2.24, 2.45) is 0 Å². The summed E-state index contributed by atoms with van der Waals surface area (Å²) in [7, 11) is 0. The zero-order valence-corrected chi connectivity index (χ0v) is 10.6. The molecule has 1 atom stereocenters. The summed E-state index contributed by atoms with van der Waals surface area (Å²) in [4.78, 5) is 15.6. The van der Waals surface area contributed by atoms with Crippen molar-refractivity contribution in [2.75, 3.05) is 26.2 Å². The second kappa shape index (κ2) is 6.21. The molecule has 1 saturated heterocycles. The lowest BCUT2D eigenvalue weighted by Crippen LogP contribution is -2.52. The van der Waals surface area contributed by atoms with Gasteiger partial charge in [0, 0.05) is 38.6 Å². The maximum Gasteiger partial charge on any atom is 0.219 e. The molecular formula is C12H24N2O2. The third-order valence-electron chi connectivity index (χ3n) is 3.33. The quantitative estimate of drug-likeness (QED) is 0.770. The van der Waals surface area contributed by atoms with Crippen molar-refractivity contribution in [1.82, 2.24) is 9.80 Å². The maximum atomic E-state index is 11.4. The molecule has 0 unspecified atom stereocenters. The molecule has 1 N–H and O–H groups in total. The highest BCUT2D eigenvalue weighted by atomic mass is 16.3. The van der Waals surface area contributed by atoms with Gasteiger partial charge < -0.3 is 10.0 Å². The van der Waals surface area contributed by atoms with Crippen LogP contribution in [-0.2, 0) is 4.79 Å². The van der Waals surface area contributed by atoms with E-state index >= 15 is 0 Å². The number of amides is 1. The van der Waals surface area contributed by atoms with Gasteiger partial charge in [-0.25, -0.2) is 0 Å². The molecule has 0 aromatic carbocycles. The lowest BCUT2D eigenvalue weighted by molar-refractivity contribution is -0.131. The Morgan fingerprint density at radius 3 is 2.75 bits per heavy atom. The first-order valence-electron chi connectivity index (χ1n) is 6.18. The normalized spacial score (nSPS) is 21.9. The van der Waals surface area contributed by atoms with Crippen LogP contribution in [0.5, 0.6) is 0 Å². The number of carbonyl (C=O) groups is 1. The Kier molecular flexibility index (Phi) is 5.22. The van der Waals surface area contributed by atoms with Crippen molar-refractivity contribution < 1.29 is 9.90 Å². The summed E-state index contributed by atoms with van der Waals surface area (Å²) in [5.74, 6) is 0.164. The molecule has 1 rings (SSSR count). The molecule has 1 amide bonds. The van der Waals surface area contributed by atoms with E-state index in [1.54, 1.807) is 6.92 Å². The van der Waals surface area contributed by atoms with Crippen molar-refractivity contribution in [3.8, 4) is 0 Å². The van der Waals surface area contributed by atoms with Crippen LogP contribution in [0.2, 0.25) is 0 Å². The van der Waals surface area contributed by atoms with Gasteiger partial charge in [0.25, 0.3) is 0 Å². The number of aliphatic hydroxyl groups is 1. The monoisotopic (exact) mass is 228 g/mol. The van der Waals surface area contributed by atoms with Gasteiger partial charge in [0.05, 0.1) is 6.61 Å². The molecule has 16 heavy (non-hydrogen) atoms. The van der Waals surface area contributed by atoms with Crippen LogP contribution in [0.3, 0.4) is 0 Å². The highest BCUT2D eigenvalue weighted by molar-refractivity contribution is 5.73. The fourth-order valence-corrected chi connectivity index (χ4v) is 2.49. The summed E-state index contributed by atoms with van der Waals surface area (Å²) in [6.07, 6.45) is 2.20. The maximum absolute atomic E-state index is 11.4. The Bertz CT molecular complexity index is 231. The lowest BCUT2D eigenvalue weighted by Gasteiger charge is -2.40. The second-order valence-corrected chi connectivity index (χ2v) is 4.82. The van der Waals surface area contributed by atoms with Crippen LogP contribution in [0.15, 0.2) is 0 Å². The number of rotatable bonds is 4. The van der Waals surface area contributed by atoms with Gasteiger partial charge in [-0.05, 0) is 26.7 Å². The van der Waals surface area contributed by atoms with E-state index in [1.807, 2.05) is 4.90 Å². The summed E-state index contributed by atoms with van der Waals surface area (Å²) in [5.41, 5.74) is 0. The average Bonchev–Trinajstić information content (AvgIpc) is 2.25. The highest BCUT2D eigenvalue weighted by Gasteiger charge is 2.27. The smallest absolute Gasteiger partial charge is 0.219 e. The van der Waals surface area contributed by atoms with Gasteiger partial charge in [0.1, 0.15) is 0 Å². The predicted molar refractivity (Wildman–Crippen MR) is 64.2 cm³/mol. The van der Waals surface area contributed by atoms with Crippen LogP contribution in [0.4, 0.5) is 0 Å². The third-order valence-corrected chi connectivity index (χ3v) is 3.33. The van der Waals surface area contributed by atoms with Crippen molar-refractivity contribution >= 4 is 5.91 Å². The minimum absolute atomic E-state index is 0.164. The number of likely N-dealkylation sites (tertiary alicyclic amines) is 1. The Balaban J connectivity index is 2.59. The first kappa shape index (κ1) is 13.5. The zero-order valence-electron chi connectivity index (χ0n) is 10.6. The summed E-state index contributed by atoms with van der Waals surface area (Å²) >= 11 is 0. The highest BCUT2D eigenvalue weighted by Crippen LogP contribution is 2.17. The van der Waals surface area contributed by atoms with Crippen LogP contribution in [-0.4, -0.2) is 59.1 Å². The molecule has 1 aliphatic rings. The second-order valence-electron chi connectivity index (χ2n) is 4.82.